The predicted octanol–water partition coefficient (Wildman–Crippen LogP) is 4.52. The molecule has 0 aliphatic carbocycles. The predicted molar refractivity (Wildman–Crippen MR) is 137 cm³/mol. The highest BCUT2D eigenvalue weighted by atomic mass is 16.5. The Morgan fingerprint density at radius 2 is 1.49 bits per heavy atom. The second-order valence-electron chi connectivity index (χ2n) is 8.35. The van der Waals surface area contributed by atoms with Crippen molar-refractivity contribution in [1.29, 1.82) is 0 Å². The number of anilines is 1. The van der Waals surface area contributed by atoms with E-state index < -0.39 is 0 Å². The second kappa shape index (κ2) is 9.93. The molecular formula is C28H28N4O3. The summed E-state index contributed by atoms with van der Waals surface area (Å²) in [6, 6.07) is 25.5. The summed E-state index contributed by atoms with van der Waals surface area (Å²) in [7, 11) is 3.32. The molecule has 0 radical (unpaired) electrons. The molecular weight excluding hydrogens is 440 g/mol. The summed E-state index contributed by atoms with van der Waals surface area (Å²) in [6.45, 7) is 2.71. The molecule has 0 N–H and O–H groups in total. The third-order valence-corrected chi connectivity index (χ3v) is 6.32. The van der Waals surface area contributed by atoms with Crippen LogP contribution in [0.4, 0.5) is 5.69 Å². The Morgan fingerprint density at radius 1 is 0.800 bits per heavy atom. The fraction of sp³-hybridized carbons (Fsp3) is 0.214. The number of piperazine rings is 1. The minimum Gasteiger partial charge on any atom is -0.497 e. The standard InChI is InChI=1S/C28H28N4O3/c1-34-23-14-12-21(13-15-23)27-24(20-32(29-27)22-8-4-3-5-9-22)28(33)31-18-16-30(17-19-31)25-10-6-7-11-26(25)35-2/h3-15,20H,16-19H2,1-2H3. The molecule has 178 valence electrons. The smallest absolute Gasteiger partial charge is 0.257 e. The average Bonchev–Trinajstić information content (AvgIpc) is 3.39. The van der Waals surface area contributed by atoms with Gasteiger partial charge in [0.05, 0.1) is 31.2 Å². The molecule has 0 saturated carbocycles. The van der Waals surface area contributed by atoms with Gasteiger partial charge in [0.1, 0.15) is 17.2 Å². The molecule has 1 aliphatic rings. The van der Waals surface area contributed by atoms with Gasteiger partial charge in [0.25, 0.3) is 5.91 Å². The van der Waals surface area contributed by atoms with Gasteiger partial charge >= 0.3 is 0 Å². The highest BCUT2D eigenvalue weighted by Crippen LogP contribution is 2.30. The van der Waals surface area contributed by atoms with E-state index in [0.717, 1.165) is 41.5 Å². The second-order valence-corrected chi connectivity index (χ2v) is 8.35. The van der Waals surface area contributed by atoms with Gasteiger partial charge in [-0.3, -0.25) is 4.79 Å². The van der Waals surface area contributed by atoms with E-state index in [1.165, 1.54) is 0 Å². The monoisotopic (exact) mass is 468 g/mol. The average molecular weight is 469 g/mol. The van der Waals surface area contributed by atoms with E-state index in [0.29, 0.717) is 24.3 Å². The van der Waals surface area contributed by atoms with E-state index in [1.807, 2.05) is 83.9 Å². The molecule has 2 heterocycles. The lowest BCUT2D eigenvalue weighted by molar-refractivity contribution is 0.0747. The number of aromatic nitrogens is 2. The summed E-state index contributed by atoms with van der Waals surface area (Å²) in [4.78, 5) is 17.9. The fourth-order valence-corrected chi connectivity index (χ4v) is 4.42. The van der Waals surface area contributed by atoms with Gasteiger partial charge in [-0.05, 0) is 48.5 Å². The van der Waals surface area contributed by atoms with Crippen LogP contribution < -0.4 is 14.4 Å². The van der Waals surface area contributed by atoms with E-state index in [-0.39, 0.29) is 5.91 Å². The topological polar surface area (TPSA) is 59.8 Å². The minimum atomic E-state index is -0.0160. The van der Waals surface area contributed by atoms with Crippen molar-refractivity contribution in [2.75, 3.05) is 45.3 Å². The molecule has 7 heteroatoms. The first-order valence-corrected chi connectivity index (χ1v) is 11.6. The molecule has 35 heavy (non-hydrogen) atoms. The molecule has 5 rings (SSSR count). The summed E-state index contributed by atoms with van der Waals surface area (Å²) < 4.78 is 12.6. The highest BCUT2D eigenvalue weighted by Gasteiger charge is 2.27. The molecule has 0 spiro atoms. The Kier molecular flexibility index (Phi) is 6.39. The van der Waals surface area contributed by atoms with Gasteiger partial charge in [0.15, 0.2) is 0 Å². The first kappa shape index (κ1) is 22.5. The van der Waals surface area contributed by atoms with Crippen LogP contribution in [0, 0.1) is 0 Å². The number of methoxy groups -OCH3 is 2. The molecule has 3 aromatic carbocycles. The molecule has 1 aromatic heterocycles. The number of ether oxygens (including phenoxy) is 2. The molecule has 7 nitrogen and oxygen atoms in total. The van der Waals surface area contributed by atoms with Gasteiger partial charge in [-0.2, -0.15) is 5.10 Å². The van der Waals surface area contributed by atoms with E-state index in [9.17, 15) is 4.79 Å². The summed E-state index contributed by atoms with van der Waals surface area (Å²) in [6.07, 6.45) is 1.84. The number of hydrogen-bond acceptors (Lipinski definition) is 5. The number of carbonyl (C=O) groups is 1. The molecule has 0 atom stereocenters. The molecule has 4 aromatic rings. The molecule has 0 unspecified atom stereocenters. The zero-order valence-corrected chi connectivity index (χ0v) is 19.9. The van der Waals surface area contributed by atoms with Gasteiger partial charge in [0, 0.05) is 37.9 Å². The van der Waals surface area contributed by atoms with Gasteiger partial charge < -0.3 is 19.3 Å². The third kappa shape index (κ3) is 4.57. The number of amides is 1. The minimum absolute atomic E-state index is 0.0160. The zero-order valence-electron chi connectivity index (χ0n) is 19.9. The molecule has 1 aliphatic heterocycles. The maximum atomic E-state index is 13.7. The number of rotatable bonds is 6. The van der Waals surface area contributed by atoms with Crippen molar-refractivity contribution in [3.63, 3.8) is 0 Å². The quantitative estimate of drug-likeness (QED) is 0.417. The first-order chi connectivity index (χ1) is 17.2. The Hall–Kier alpha value is -4.26. The first-order valence-electron chi connectivity index (χ1n) is 11.6. The lowest BCUT2D eigenvalue weighted by Crippen LogP contribution is -2.48. The summed E-state index contributed by atoms with van der Waals surface area (Å²) in [5.74, 6) is 1.59. The van der Waals surface area contributed by atoms with Crippen molar-refractivity contribution in [1.82, 2.24) is 14.7 Å². The summed E-state index contributed by atoms with van der Waals surface area (Å²) in [5.41, 5.74) is 4.08. The van der Waals surface area contributed by atoms with Crippen LogP contribution in [0.3, 0.4) is 0 Å². The van der Waals surface area contributed by atoms with Crippen LogP contribution in [0.5, 0.6) is 11.5 Å². The van der Waals surface area contributed by atoms with Crippen molar-refractivity contribution in [2.24, 2.45) is 0 Å². The Bertz CT molecular complexity index is 1290. The molecule has 0 bridgehead atoms. The Labute approximate surface area is 205 Å². The van der Waals surface area contributed by atoms with Gasteiger partial charge in [-0.15, -0.1) is 0 Å². The van der Waals surface area contributed by atoms with Gasteiger partial charge in [-0.1, -0.05) is 30.3 Å². The fourth-order valence-electron chi connectivity index (χ4n) is 4.42. The van der Waals surface area contributed by atoms with Gasteiger partial charge in [-0.25, -0.2) is 4.68 Å². The lowest BCUT2D eigenvalue weighted by atomic mass is 10.1. The van der Waals surface area contributed by atoms with E-state index in [4.69, 9.17) is 14.6 Å². The maximum Gasteiger partial charge on any atom is 0.257 e. The zero-order chi connectivity index (χ0) is 24.2. The number of benzene rings is 3. The van der Waals surface area contributed by atoms with E-state index >= 15 is 0 Å². The lowest BCUT2D eigenvalue weighted by Gasteiger charge is -2.36. The van der Waals surface area contributed by atoms with Crippen molar-refractivity contribution in [3.8, 4) is 28.4 Å². The molecule has 1 fully saturated rings. The number of para-hydroxylation sites is 3. The van der Waals surface area contributed by atoms with Crippen LogP contribution >= 0.6 is 0 Å². The Morgan fingerprint density at radius 3 is 2.17 bits per heavy atom. The van der Waals surface area contributed by atoms with Crippen LogP contribution in [0.1, 0.15) is 10.4 Å². The number of nitrogens with zero attached hydrogens (tertiary/aromatic N) is 4. The van der Waals surface area contributed by atoms with Gasteiger partial charge in [0.2, 0.25) is 0 Å². The van der Waals surface area contributed by atoms with Crippen molar-refractivity contribution < 1.29 is 14.3 Å². The SMILES string of the molecule is COc1ccc(-c2nn(-c3ccccc3)cc2C(=O)N2CCN(c3ccccc3OC)CC2)cc1. The van der Waals surface area contributed by atoms with Crippen molar-refractivity contribution in [3.05, 3.63) is 90.6 Å². The summed E-state index contributed by atoms with van der Waals surface area (Å²) in [5, 5.41) is 4.81. The van der Waals surface area contributed by atoms with Crippen LogP contribution in [-0.2, 0) is 0 Å². The van der Waals surface area contributed by atoms with E-state index in [2.05, 4.69) is 11.0 Å². The maximum absolute atomic E-state index is 13.7. The largest absolute Gasteiger partial charge is 0.497 e. The molecule has 1 saturated heterocycles. The highest BCUT2D eigenvalue weighted by molar-refractivity contribution is 6.00. The van der Waals surface area contributed by atoms with Crippen molar-refractivity contribution in [2.45, 2.75) is 0 Å². The van der Waals surface area contributed by atoms with Crippen LogP contribution in [0.2, 0.25) is 0 Å². The summed E-state index contributed by atoms with van der Waals surface area (Å²) >= 11 is 0. The Balaban J connectivity index is 1.42. The molecule has 1 amide bonds. The van der Waals surface area contributed by atoms with Crippen LogP contribution in [0.15, 0.2) is 85.1 Å². The normalized spacial score (nSPS) is 13.5. The van der Waals surface area contributed by atoms with Crippen LogP contribution in [0.25, 0.3) is 16.9 Å². The number of carbonyl (C=O) groups excluding carboxylic acids is 1. The van der Waals surface area contributed by atoms with Crippen LogP contribution in [-0.4, -0.2) is 61.0 Å². The van der Waals surface area contributed by atoms with Crippen molar-refractivity contribution >= 4 is 11.6 Å². The van der Waals surface area contributed by atoms with E-state index in [1.54, 1.807) is 18.9 Å². The number of hydrogen-bond donors (Lipinski definition) is 0. The third-order valence-electron chi connectivity index (χ3n) is 6.32.